The van der Waals surface area contributed by atoms with Crippen LogP contribution in [-0.4, -0.2) is 49.3 Å². The van der Waals surface area contributed by atoms with E-state index >= 15 is 0 Å². The maximum Gasteiger partial charge on any atom is 0.408 e. The Morgan fingerprint density at radius 2 is 1.78 bits per heavy atom. The lowest BCUT2D eigenvalue weighted by molar-refractivity contribution is -0.150. The summed E-state index contributed by atoms with van der Waals surface area (Å²) in [5.41, 5.74) is -0.00603. The number of likely N-dealkylation sites (tertiary alicyclic amines) is 1. The highest BCUT2D eigenvalue weighted by Crippen LogP contribution is 2.31. The van der Waals surface area contributed by atoms with Crippen molar-refractivity contribution in [1.29, 1.82) is 0 Å². The van der Waals surface area contributed by atoms with Gasteiger partial charge in [-0.15, -0.1) is 0 Å². The first-order chi connectivity index (χ1) is 12.6. The molecule has 1 aromatic carbocycles. The second-order valence-electron chi connectivity index (χ2n) is 8.71. The van der Waals surface area contributed by atoms with Crippen LogP contribution in [0, 0.1) is 5.41 Å². The van der Waals surface area contributed by atoms with Crippen molar-refractivity contribution in [3.05, 3.63) is 35.9 Å². The predicted octanol–water partition coefficient (Wildman–Crippen LogP) is 3.53. The molecule has 1 aromatic rings. The molecule has 0 aliphatic carbocycles. The first-order valence-corrected chi connectivity index (χ1v) is 9.48. The van der Waals surface area contributed by atoms with Gasteiger partial charge < -0.3 is 19.7 Å². The number of carbonyl (C=O) groups is 2. The van der Waals surface area contributed by atoms with Crippen LogP contribution < -0.4 is 5.32 Å². The van der Waals surface area contributed by atoms with Gasteiger partial charge in [-0.05, 0) is 59.3 Å². The molecule has 6 heteroatoms. The van der Waals surface area contributed by atoms with Crippen molar-refractivity contribution in [3.63, 3.8) is 0 Å². The molecular formula is C21H32N2O4. The first kappa shape index (κ1) is 21.2. The highest BCUT2D eigenvalue weighted by Gasteiger charge is 2.33. The number of piperidine rings is 1. The van der Waals surface area contributed by atoms with Crippen molar-refractivity contribution in [2.75, 3.05) is 26.7 Å². The highest BCUT2D eigenvalue weighted by atomic mass is 16.6. The number of nitrogens with one attached hydrogen (secondary N) is 1. The molecule has 1 heterocycles. The zero-order chi connectivity index (χ0) is 20.1. The highest BCUT2D eigenvalue weighted by molar-refractivity contribution is 5.82. The number of esters is 1. The zero-order valence-electron chi connectivity index (χ0n) is 17.1. The third kappa shape index (κ3) is 6.86. The Balaban J connectivity index is 2.04. The third-order valence-corrected chi connectivity index (χ3v) is 4.79. The second-order valence-corrected chi connectivity index (χ2v) is 8.71. The van der Waals surface area contributed by atoms with E-state index in [1.54, 1.807) is 32.9 Å². The van der Waals surface area contributed by atoms with Gasteiger partial charge in [0.05, 0.1) is 6.61 Å². The molecule has 1 saturated heterocycles. The smallest absolute Gasteiger partial charge is 0.408 e. The summed E-state index contributed by atoms with van der Waals surface area (Å²) in [5, 5.41) is 2.65. The van der Waals surface area contributed by atoms with E-state index in [0.717, 1.165) is 25.9 Å². The van der Waals surface area contributed by atoms with E-state index in [4.69, 9.17) is 9.47 Å². The molecule has 1 unspecified atom stereocenters. The van der Waals surface area contributed by atoms with Gasteiger partial charge in [-0.2, -0.15) is 0 Å². The van der Waals surface area contributed by atoms with E-state index in [-0.39, 0.29) is 5.41 Å². The SMILES string of the molecule is CN1CCC(C)(COC(=O)C(NC(=O)OC(C)(C)C)c2ccccc2)CC1. The summed E-state index contributed by atoms with van der Waals surface area (Å²) in [4.78, 5) is 27.3. The molecule has 1 aliphatic rings. The van der Waals surface area contributed by atoms with Crippen LogP contribution in [0.15, 0.2) is 30.3 Å². The predicted molar refractivity (Wildman–Crippen MR) is 104 cm³/mol. The summed E-state index contributed by atoms with van der Waals surface area (Å²) in [6, 6.07) is 8.20. The van der Waals surface area contributed by atoms with E-state index in [0.29, 0.717) is 12.2 Å². The van der Waals surface area contributed by atoms with Crippen LogP contribution in [0.25, 0.3) is 0 Å². The van der Waals surface area contributed by atoms with Crippen LogP contribution in [0.5, 0.6) is 0 Å². The van der Waals surface area contributed by atoms with Crippen LogP contribution >= 0.6 is 0 Å². The number of alkyl carbamates (subject to hydrolysis) is 1. The number of rotatable bonds is 5. The average Bonchev–Trinajstić information content (AvgIpc) is 2.60. The summed E-state index contributed by atoms with van der Waals surface area (Å²) in [6.07, 6.45) is 1.32. The van der Waals surface area contributed by atoms with Crippen molar-refractivity contribution in [3.8, 4) is 0 Å². The van der Waals surface area contributed by atoms with E-state index in [1.165, 1.54) is 0 Å². The lowest BCUT2D eigenvalue weighted by Crippen LogP contribution is -2.42. The molecule has 0 saturated carbocycles. The molecule has 2 rings (SSSR count). The van der Waals surface area contributed by atoms with Gasteiger partial charge in [0.25, 0.3) is 0 Å². The van der Waals surface area contributed by atoms with E-state index in [2.05, 4.69) is 24.2 Å². The van der Waals surface area contributed by atoms with Gasteiger partial charge in [0.1, 0.15) is 5.60 Å². The molecule has 0 spiro atoms. The van der Waals surface area contributed by atoms with Crippen LogP contribution in [0.4, 0.5) is 4.79 Å². The van der Waals surface area contributed by atoms with Crippen LogP contribution in [0.2, 0.25) is 0 Å². The van der Waals surface area contributed by atoms with Crippen LogP contribution in [0.1, 0.15) is 52.1 Å². The number of nitrogens with zero attached hydrogens (tertiary/aromatic N) is 1. The topological polar surface area (TPSA) is 67.9 Å². The summed E-state index contributed by atoms with van der Waals surface area (Å²) >= 11 is 0. The minimum atomic E-state index is -0.893. The second kappa shape index (κ2) is 8.74. The monoisotopic (exact) mass is 376 g/mol. The van der Waals surface area contributed by atoms with E-state index < -0.39 is 23.7 Å². The molecule has 1 N–H and O–H groups in total. The minimum absolute atomic E-state index is 0.0324. The molecule has 1 amide bonds. The van der Waals surface area contributed by atoms with Gasteiger partial charge in [-0.3, -0.25) is 0 Å². The molecule has 0 aromatic heterocycles. The fourth-order valence-corrected chi connectivity index (χ4v) is 2.98. The van der Waals surface area contributed by atoms with Crippen molar-refractivity contribution in [1.82, 2.24) is 10.2 Å². The van der Waals surface area contributed by atoms with Crippen molar-refractivity contribution < 1.29 is 19.1 Å². The standard InChI is InChI=1S/C21H32N2O4/c1-20(2,3)27-19(25)22-17(16-9-7-6-8-10-16)18(24)26-15-21(4)11-13-23(5)14-12-21/h6-10,17H,11-15H2,1-5H3,(H,22,25). The fraction of sp³-hybridized carbons (Fsp3) is 0.619. The molecule has 0 radical (unpaired) electrons. The Kier molecular flexibility index (Phi) is 6.87. The van der Waals surface area contributed by atoms with Gasteiger partial charge in [0.15, 0.2) is 6.04 Å². The average molecular weight is 376 g/mol. The Morgan fingerprint density at radius 3 is 2.33 bits per heavy atom. The summed E-state index contributed by atoms with van der Waals surface area (Å²) in [5.74, 6) is -0.466. The van der Waals surface area contributed by atoms with Gasteiger partial charge in [-0.25, -0.2) is 9.59 Å². The van der Waals surface area contributed by atoms with Crippen molar-refractivity contribution >= 4 is 12.1 Å². The largest absolute Gasteiger partial charge is 0.463 e. The summed E-state index contributed by atoms with van der Waals surface area (Å²) in [7, 11) is 2.10. The minimum Gasteiger partial charge on any atom is -0.463 e. The van der Waals surface area contributed by atoms with Gasteiger partial charge in [0.2, 0.25) is 0 Å². The molecule has 1 fully saturated rings. The van der Waals surface area contributed by atoms with E-state index in [9.17, 15) is 9.59 Å². The number of amides is 1. The normalized spacial score (nSPS) is 18.4. The van der Waals surface area contributed by atoms with Crippen molar-refractivity contribution in [2.45, 2.75) is 52.2 Å². The molecular weight excluding hydrogens is 344 g/mol. The number of carbonyl (C=O) groups excluding carboxylic acids is 2. The lowest BCUT2D eigenvalue weighted by Gasteiger charge is -2.37. The van der Waals surface area contributed by atoms with Crippen LogP contribution in [0.3, 0.4) is 0 Å². The lowest BCUT2D eigenvalue weighted by atomic mass is 9.81. The Hall–Kier alpha value is -2.08. The number of hydrogen-bond acceptors (Lipinski definition) is 5. The maximum absolute atomic E-state index is 12.8. The van der Waals surface area contributed by atoms with Gasteiger partial charge in [-0.1, -0.05) is 37.3 Å². The van der Waals surface area contributed by atoms with Gasteiger partial charge in [0, 0.05) is 5.41 Å². The van der Waals surface area contributed by atoms with Gasteiger partial charge >= 0.3 is 12.1 Å². The Bertz CT molecular complexity index is 631. The number of benzene rings is 1. The zero-order valence-corrected chi connectivity index (χ0v) is 17.1. The molecule has 0 bridgehead atoms. The Morgan fingerprint density at radius 1 is 1.19 bits per heavy atom. The summed E-state index contributed by atoms with van der Waals surface area (Å²) in [6.45, 7) is 9.82. The maximum atomic E-state index is 12.8. The molecule has 27 heavy (non-hydrogen) atoms. The van der Waals surface area contributed by atoms with E-state index in [1.807, 2.05) is 18.2 Å². The molecule has 1 aliphatic heterocycles. The number of hydrogen-bond donors (Lipinski definition) is 1. The quantitative estimate of drug-likeness (QED) is 0.796. The Labute approximate surface area is 162 Å². The fourth-order valence-electron chi connectivity index (χ4n) is 2.98. The first-order valence-electron chi connectivity index (χ1n) is 9.48. The molecule has 6 nitrogen and oxygen atoms in total. The summed E-state index contributed by atoms with van der Waals surface area (Å²) < 4.78 is 10.9. The molecule has 150 valence electrons. The van der Waals surface area contributed by atoms with Crippen LogP contribution in [-0.2, 0) is 14.3 Å². The third-order valence-electron chi connectivity index (χ3n) is 4.79. The van der Waals surface area contributed by atoms with Crippen molar-refractivity contribution in [2.24, 2.45) is 5.41 Å². The molecule has 1 atom stereocenters. The number of ether oxygens (including phenoxy) is 2.